The van der Waals surface area contributed by atoms with E-state index in [1.165, 1.54) is 0 Å². The van der Waals surface area contributed by atoms with Crippen molar-refractivity contribution in [2.75, 3.05) is 6.61 Å². The van der Waals surface area contributed by atoms with Crippen LogP contribution < -0.4 is 5.32 Å². The number of hydrogen-bond donors (Lipinski definition) is 1. The van der Waals surface area contributed by atoms with E-state index in [0.29, 0.717) is 6.61 Å². The molecule has 1 aliphatic heterocycles. The Labute approximate surface area is 92.6 Å². The van der Waals surface area contributed by atoms with Crippen molar-refractivity contribution in [3.63, 3.8) is 0 Å². The third-order valence-electron chi connectivity index (χ3n) is 3.94. The first-order chi connectivity index (χ1) is 7.08. The highest BCUT2D eigenvalue weighted by Gasteiger charge is 2.47. The molecule has 1 aliphatic rings. The maximum atomic E-state index is 11.8. The van der Waals surface area contributed by atoms with Crippen LogP contribution in [0.4, 0.5) is 0 Å². The summed E-state index contributed by atoms with van der Waals surface area (Å²) in [5.41, 5.74) is -0.468. The Morgan fingerprint density at radius 2 is 1.67 bits per heavy atom. The van der Waals surface area contributed by atoms with Crippen LogP contribution in [0.25, 0.3) is 0 Å². The van der Waals surface area contributed by atoms with Gasteiger partial charge < -0.3 is 4.74 Å². The van der Waals surface area contributed by atoms with Crippen LogP contribution in [0.2, 0.25) is 0 Å². The second kappa shape index (κ2) is 4.52. The first-order valence-electron chi connectivity index (χ1n) is 6.04. The first kappa shape index (κ1) is 12.5. The van der Waals surface area contributed by atoms with Crippen molar-refractivity contribution in [1.29, 1.82) is 0 Å². The molecular formula is C12H23NO2. The molecule has 1 rings (SSSR count). The number of carbonyl (C=O) groups excluding carboxylic acids is 1. The second-order valence-electron chi connectivity index (χ2n) is 4.48. The molecule has 0 saturated carbocycles. The van der Waals surface area contributed by atoms with Crippen LogP contribution in [0, 0.1) is 0 Å². The number of rotatable bonds is 4. The molecule has 0 amide bonds. The van der Waals surface area contributed by atoms with E-state index in [0.717, 1.165) is 25.7 Å². The summed E-state index contributed by atoms with van der Waals surface area (Å²) in [7, 11) is 0. The molecule has 1 fully saturated rings. The Morgan fingerprint density at radius 1 is 1.13 bits per heavy atom. The van der Waals surface area contributed by atoms with Gasteiger partial charge in [-0.05, 0) is 25.7 Å². The zero-order chi connectivity index (χ0) is 11.5. The molecule has 1 heterocycles. The van der Waals surface area contributed by atoms with Crippen molar-refractivity contribution in [3.05, 3.63) is 0 Å². The van der Waals surface area contributed by atoms with Crippen molar-refractivity contribution in [2.24, 2.45) is 0 Å². The fraction of sp³-hybridized carbons (Fsp3) is 0.917. The number of hydrogen-bond acceptors (Lipinski definition) is 3. The topological polar surface area (TPSA) is 38.3 Å². The lowest BCUT2D eigenvalue weighted by molar-refractivity contribution is -0.165. The molecule has 15 heavy (non-hydrogen) atoms. The van der Waals surface area contributed by atoms with Crippen LogP contribution in [0.15, 0.2) is 0 Å². The predicted molar refractivity (Wildman–Crippen MR) is 60.7 cm³/mol. The average molecular weight is 213 g/mol. The number of esters is 1. The van der Waals surface area contributed by atoms with Crippen LogP contribution in [0.1, 0.15) is 53.4 Å². The minimum atomic E-state index is -0.454. The Hall–Kier alpha value is -0.570. The van der Waals surface area contributed by atoms with E-state index in [9.17, 15) is 4.79 Å². The third kappa shape index (κ3) is 2.03. The first-order valence-corrected chi connectivity index (χ1v) is 6.04. The SMILES string of the molecule is CCC1(CC)COC(=O)C(CC)(CC)N1. The van der Waals surface area contributed by atoms with Crippen LogP contribution >= 0.6 is 0 Å². The summed E-state index contributed by atoms with van der Waals surface area (Å²) >= 11 is 0. The van der Waals surface area contributed by atoms with E-state index >= 15 is 0 Å². The van der Waals surface area contributed by atoms with Gasteiger partial charge in [-0.15, -0.1) is 0 Å². The summed E-state index contributed by atoms with van der Waals surface area (Å²) in [6.45, 7) is 8.89. The molecule has 0 aromatic heterocycles. The van der Waals surface area contributed by atoms with E-state index in [1.807, 2.05) is 13.8 Å². The molecule has 88 valence electrons. The lowest BCUT2D eigenvalue weighted by atomic mass is 9.83. The maximum absolute atomic E-state index is 11.8. The van der Waals surface area contributed by atoms with Gasteiger partial charge >= 0.3 is 5.97 Å². The van der Waals surface area contributed by atoms with E-state index in [4.69, 9.17) is 4.74 Å². The smallest absolute Gasteiger partial charge is 0.326 e. The molecule has 0 aromatic rings. The van der Waals surface area contributed by atoms with E-state index in [1.54, 1.807) is 0 Å². The minimum absolute atomic E-state index is 0.0140. The fourth-order valence-corrected chi connectivity index (χ4v) is 2.28. The Bertz CT molecular complexity index is 230. The van der Waals surface area contributed by atoms with Crippen molar-refractivity contribution in [3.8, 4) is 0 Å². The van der Waals surface area contributed by atoms with Gasteiger partial charge in [-0.1, -0.05) is 27.7 Å². The molecule has 0 unspecified atom stereocenters. The van der Waals surface area contributed by atoms with Crippen molar-refractivity contribution < 1.29 is 9.53 Å². The lowest BCUT2D eigenvalue weighted by Gasteiger charge is -2.46. The highest BCUT2D eigenvalue weighted by molar-refractivity contribution is 5.81. The number of carbonyl (C=O) groups is 1. The highest BCUT2D eigenvalue weighted by atomic mass is 16.5. The molecule has 3 nitrogen and oxygen atoms in total. The van der Waals surface area contributed by atoms with Gasteiger partial charge in [0.2, 0.25) is 0 Å². The molecule has 3 heteroatoms. The van der Waals surface area contributed by atoms with Crippen LogP contribution in [-0.4, -0.2) is 23.7 Å². The summed E-state index contributed by atoms with van der Waals surface area (Å²) in [6.07, 6.45) is 3.59. The van der Waals surface area contributed by atoms with Crippen molar-refractivity contribution in [1.82, 2.24) is 5.32 Å². The highest BCUT2D eigenvalue weighted by Crippen LogP contribution is 2.30. The third-order valence-corrected chi connectivity index (χ3v) is 3.94. The van der Waals surface area contributed by atoms with Gasteiger partial charge in [-0.25, -0.2) is 0 Å². The van der Waals surface area contributed by atoms with Gasteiger partial charge in [-0.3, -0.25) is 10.1 Å². The Kier molecular flexibility index (Phi) is 3.77. The van der Waals surface area contributed by atoms with E-state index in [2.05, 4.69) is 19.2 Å². The molecule has 0 bridgehead atoms. The Balaban J connectivity index is 2.92. The standard InChI is InChI=1S/C12H23NO2/c1-5-11(6-2)9-15-10(14)12(7-3,8-4)13-11/h13H,5-9H2,1-4H3. The molecule has 0 spiro atoms. The molecule has 0 atom stereocenters. The summed E-state index contributed by atoms with van der Waals surface area (Å²) in [5.74, 6) is -0.0787. The van der Waals surface area contributed by atoms with Crippen LogP contribution in [-0.2, 0) is 9.53 Å². The quantitative estimate of drug-likeness (QED) is 0.728. The van der Waals surface area contributed by atoms with Crippen molar-refractivity contribution in [2.45, 2.75) is 64.5 Å². The molecule has 1 N–H and O–H groups in total. The van der Waals surface area contributed by atoms with Gasteiger partial charge in [0, 0.05) is 0 Å². The van der Waals surface area contributed by atoms with E-state index in [-0.39, 0.29) is 11.5 Å². The summed E-state index contributed by atoms with van der Waals surface area (Å²) < 4.78 is 5.37. The summed E-state index contributed by atoms with van der Waals surface area (Å²) in [4.78, 5) is 11.8. The fourth-order valence-electron chi connectivity index (χ4n) is 2.28. The molecule has 1 saturated heterocycles. The minimum Gasteiger partial charge on any atom is -0.462 e. The van der Waals surface area contributed by atoms with Crippen LogP contribution in [0.3, 0.4) is 0 Å². The van der Waals surface area contributed by atoms with Crippen LogP contribution in [0.5, 0.6) is 0 Å². The normalized spacial score (nSPS) is 23.6. The van der Waals surface area contributed by atoms with Gasteiger partial charge in [0.15, 0.2) is 0 Å². The maximum Gasteiger partial charge on any atom is 0.326 e. The lowest BCUT2D eigenvalue weighted by Crippen LogP contribution is -2.67. The van der Waals surface area contributed by atoms with Gasteiger partial charge in [-0.2, -0.15) is 0 Å². The molecule has 0 aromatic carbocycles. The monoisotopic (exact) mass is 213 g/mol. The number of nitrogens with one attached hydrogen (secondary N) is 1. The van der Waals surface area contributed by atoms with Crippen molar-refractivity contribution >= 4 is 5.97 Å². The Morgan fingerprint density at radius 3 is 2.07 bits per heavy atom. The van der Waals surface area contributed by atoms with Gasteiger partial charge in [0.25, 0.3) is 0 Å². The molecular weight excluding hydrogens is 190 g/mol. The van der Waals surface area contributed by atoms with E-state index < -0.39 is 5.54 Å². The predicted octanol–water partition coefficient (Wildman–Crippen LogP) is 2.25. The zero-order valence-corrected chi connectivity index (χ0v) is 10.4. The average Bonchev–Trinajstić information content (AvgIpc) is 2.31. The number of morpholine rings is 1. The van der Waals surface area contributed by atoms with Gasteiger partial charge in [0.1, 0.15) is 12.1 Å². The molecule has 0 radical (unpaired) electrons. The number of cyclic esters (lactones) is 1. The summed E-state index contributed by atoms with van der Waals surface area (Å²) in [6, 6.07) is 0. The second-order valence-corrected chi connectivity index (χ2v) is 4.48. The zero-order valence-electron chi connectivity index (χ0n) is 10.4. The summed E-state index contributed by atoms with van der Waals surface area (Å²) in [5, 5.41) is 3.55. The molecule has 0 aliphatic carbocycles. The number of ether oxygens (including phenoxy) is 1. The largest absolute Gasteiger partial charge is 0.462 e. The van der Waals surface area contributed by atoms with Gasteiger partial charge in [0.05, 0.1) is 5.54 Å².